The van der Waals surface area contributed by atoms with E-state index in [1.54, 1.807) is 14.2 Å². The lowest BCUT2D eigenvalue weighted by Crippen LogP contribution is -2.52. The van der Waals surface area contributed by atoms with Crippen molar-refractivity contribution in [1.82, 2.24) is 10.2 Å². The summed E-state index contributed by atoms with van der Waals surface area (Å²) in [5.41, 5.74) is 1.56. The molecule has 4 atom stereocenters. The molecule has 1 aromatic carbocycles. The SMILES string of the molecule is CC.COc1ccc([C@@]23CCC(C4CCCC(=O)N4)C[C@@H]2N(C)CC3)cc1OC. The molecule has 0 aromatic heterocycles. The predicted molar refractivity (Wildman–Crippen MR) is 117 cm³/mol. The Morgan fingerprint density at radius 1 is 1.10 bits per heavy atom. The zero-order chi connectivity index (χ0) is 21.0. The topological polar surface area (TPSA) is 50.8 Å². The Labute approximate surface area is 176 Å². The first-order valence-corrected chi connectivity index (χ1v) is 11.3. The summed E-state index contributed by atoms with van der Waals surface area (Å²) < 4.78 is 11.0. The fraction of sp³-hybridized carbons (Fsp3) is 0.708. The molecule has 2 heterocycles. The molecule has 0 bridgehead atoms. The summed E-state index contributed by atoms with van der Waals surface area (Å²) in [6, 6.07) is 7.35. The van der Waals surface area contributed by atoms with Crippen molar-refractivity contribution in [2.75, 3.05) is 27.8 Å². The molecular formula is C24H38N2O3. The van der Waals surface area contributed by atoms with Gasteiger partial charge in [-0.1, -0.05) is 19.9 Å². The zero-order valence-corrected chi connectivity index (χ0v) is 18.8. The van der Waals surface area contributed by atoms with Crippen LogP contribution in [0, 0.1) is 5.92 Å². The van der Waals surface area contributed by atoms with E-state index in [4.69, 9.17) is 9.47 Å². The van der Waals surface area contributed by atoms with Gasteiger partial charge in [0.05, 0.1) is 14.2 Å². The van der Waals surface area contributed by atoms with Gasteiger partial charge in [-0.2, -0.15) is 0 Å². The molecule has 5 nitrogen and oxygen atoms in total. The van der Waals surface area contributed by atoms with Crippen molar-refractivity contribution in [3.63, 3.8) is 0 Å². The smallest absolute Gasteiger partial charge is 0.220 e. The number of fused-ring (bicyclic) bond motifs is 1. The number of amides is 1. The van der Waals surface area contributed by atoms with Gasteiger partial charge in [0.1, 0.15) is 0 Å². The lowest BCUT2D eigenvalue weighted by atomic mass is 9.62. The van der Waals surface area contributed by atoms with Crippen molar-refractivity contribution < 1.29 is 14.3 Å². The Bertz CT molecular complexity index is 707. The maximum absolute atomic E-state index is 11.9. The first-order valence-electron chi connectivity index (χ1n) is 11.3. The van der Waals surface area contributed by atoms with Crippen molar-refractivity contribution in [2.24, 2.45) is 5.92 Å². The molecule has 2 unspecified atom stereocenters. The minimum atomic E-state index is 0.184. The largest absolute Gasteiger partial charge is 0.493 e. The van der Waals surface area contributed by atoms with Gasteiger partial charge in [0.2, 0.25) is 5.91 Å². The maximum atomic E-state index is 11.9. The maximum Gasteiger partial charge on any atom is 0.220 e. The van der Waals surface area contributed by atoms with Crippen LogP contribution in [0.4, 0.5) is 0 Å². The minimum absolute atomic E-state index is 0.184. The van der Waals surface area contributed by atoms with Gasteiger partial charge in [-0.3, -0.25) is 4.79 Å². The number of nitrogens with one attached hydrogen (secondary N) is 1. The number of hydrogen-bond donors (Lipinski definition) is 1. The van der Waals surface area contributed by atoms with Crippen LogP contribution in [-0.2, 0) is 10.2 Å². The van der Waals surface area contributed by atoms with Crippen molar-refractivity contribution >= 4 is 5.91 Å². The van der Waals surface area contributed by atoms with Gasteiger partial charge in [0.15, 0.2) is 11.5 Å². The fourth-order valence-electron chi connectivity index (χ4n) is 5.84. The highest BCUT2D eigenvalue weighted by molar-refractivity contribution is 5.77. The van der Waals surface area contributed by atoms with Crippen molar-refractivity contribution in [2.45, 2.75) is 76.3 Å². The van der Waals surface area contributed by atoms with Crippen molar-refractivity contribution in [1.29, 1.82) is 0 Å². The van der Waals surface area contributed by atoms with Crippen LogP contribution in [0.5, 0.6) is 11.5 Å². The first kappa shape index (κ1) is 21.9. The summed E-state index contributed by atoms with van der Waals surface area (Å²) in [5, 5.41) is 3.27. The van der Waals surface area contributed by atoms with Gasteiger partial charge in [0.25, 0.3) is 0 Å². The summed E-state index contributed by atoms with van der Waals surface area (Å²) >= 11 is 0. The first-order chi connectivity index (χ1) is 14.1. The Balaban J connectivity index is 0.00000117. The third-order valence-corrected chi connectivity index (χ3v) is 7.36. The molecule has 162 valence electrons. The second-order valence-electron chi connectivity index (χ2n) is 8.57. The fourth-order valence-corrected chi connectivity index (χ4v) is 5.84. The highest BCUT2D eigenvalue weighted by atomic mass is 16.5. The second-order valence-corrected chi connectivity index (χ2v) is 8.57. The number of rotatable bonds is 4. The minimum Gasteiger partial charge on any atom is -0.493 e. The summed E-state index contributed by atoms with van der Waals surface area (Å²) in [6.45, 7) is 5.13. The molecule has 2 saturated heterocycles. The van der Waals surface area contributed by atoms with Crippen molar-refractivity contribution in [3.8, 4) is 11.5 Å². The van der Waals surface area contributed by atoms with E-state index in [9.17, 15) is 4.79 Å². The van der Waals surface area contributed by atoms with Gasteiger partial charge < -0.3 is 19.7 Å². The van der Waals surface area contributed by atoms with Crippen LogP contribution in [0.3, 0.4) is 0 Å². The zero-order valence-electron chi connectivity index (χ0n) is 18.8. The van der Waals surface area contributed by atoms with Crippen LogP contribution in [0.2, 0.25) is 0 Å². The standard InChI is InChI=1S/C22H32N2O3.C2H6/c1-24-12-11-22(16-7-8-18(26-2)19(14-16)27-3)10-9-15(13-20(22)24)17-5-4-6-21(25)23-17;1-2/h7-8,14-15,17,20H,4-6,9-13H2,1-3H3,(H,23,25);1-2H3/t15?,17?,20-,22-;/m0./s1. The number of carbonyl (C=O) groups is 1. The Morgan fingerprint density at radius 3 is 2.55 bits per heavy atom. The number of hydrogen-bond acceptors (Lipinski definition) is 4. The molecule has 1 aromatic rings. The van der Waals surface area contributed by atoms with E-state index in [2.05, 4.69) is 29.4 Å². The third-order valence-electron chi connectivity index (χ3n) is 7.36. The van der Waals surface area contributed by atoms with Crippen LogP contribution in [-0.4, -0.2) is 50.7 Å². The Hall–Kier alpha value is -1.75. The quantitative estimate of drug-likeness (QED) is 0.822. The molecule has 2 aliphatic heterocycles. The molecule has 5 heteroatoms. The highest BCUT2D eigenvalue weighted by Gasteiger charge is 2.51. The second kappa shape index (κ2) is 9.38. The van der Waals surface area contributed by atoms with Crippen LogP contribution in [0.1, 0.15) is 64.4 Å². The molecule has 3 fully saturated rings. The van der Waals surface area contributed by atoms with E-state index in [0.717, 1.165) is 37.3 Å². The molecule has 0 spiro atoms. The molecule has 1 aliphatic carbocycles. The Morgan fingerprint density at radius 2 is 1.86 bits per heavy atom. The average molecular weight is 403 g/mol. The summed E-state index contributed by atoms with van der Waals surface area (Å²) in [6.07, 6.45) is 7.58. The van der Waals surface area contributed by atoms with Gasteiger partial charge in [0, 0.05) is 23.9 Å². The van der Waals surface area contributed by atoms with E-state index in [0.29, 0.717) is 24.4 Å². The van der Waals surface area contributed by atoms with Crippen LogP contribution < -0.4 is 14.8 Å². The molecule has 4 rings (SSSR count). The molecule has 29 heavy (non-hydrogen) atoms. The van der Waals surface area contributed by atoms with E-state index in [1.807, 2.05) is 19.9 Å². The van der Waals surface area contributed by atoms with E-state index in [1.165, 1.54) is 24.8 Å². The van der Waals surface area contributed by atoms with Crippen molar-refractivity contribution in [3.05, 3.63) is 23.8 Å². The molecule has 3 aliphatic rings. The van der Waals surface area contributed by atoms with Gasteiger partial charge >= 0.3 is 0 Å². The number of methoxy groups -OCH3 is 2. The lowest BCUT2D eigenvalue weighted by molar-refractivity contribution is -0.124. The van der Waals surface area contributed by atoms with Crippen LogP contribution in [0.25, 0.3) is 0 Å². The summed E-state index contributed by atoms with van der Waals surface area (Å²) in [5.74, 6) is 2.44. The van der Waals surface area contributed by atoms with E-state index in [-0.39, 0.29) is 11.3 Å². The lowest BCUT2D eigenvalue weighted by Gasteiger charge is -2.47. The number of likely N-dealkylation sites (N-methyl/N-ethyl adjacent to an activating group) is 1. The van der Waals surface area contributed by atoms with Gasteiger partial charge in [-0.05, 0) is 75.7 Å². The number of nitrogens with zero attached hydrogens (tertiary/aromatic N) is 1. The third kappa shape index (κ3) is 4.11. The Kier molecular flexibility index (Phi) is 7.10. The molecule has 1 N–H and O–H groups in total. The molecule has 1 saturated carbocycles. The molecule has 0 radical (unpaired) electrons. The number of benzene rings is 1. The number of likely N-dealkylation sites (tertiary alicyclic amines) is 1. The van der Waals surface area contributed by atoms with E-state index < -0.39 is 0 Å². The summed E-state index contributed by atoms with van der Waals surface area (Å²) in [7, 11) is 5.65. The van der Waals surface area contributed by atoms with E-state index >= 15 is 0 Å². The average Bonchev–Trinajstić information content (AvgIpc) is 3.11. The predicted octanol–water partition coefficient (Wildman–Crippen LogP) is 4.14. The van der Waals surface area contributed by atoms with Crippen LogP contribution >= 0.6 is 0 Å². The number of carbonyl (C=O) groups excluding carboxylic acids is 1. The van der Waals surface area contributed by atoms with Crippen LogP contribution in [0.15, 0.2) is 18.2 Å². The monoisotopic (exact) mass is 402 g/mol. The number of ether oxygens (including phenoxy) is 2. The normalized spacial score (nSPS) is 31.9. The molecule has 1 amide bonds. The number of piperidine rings is 1. The summed E-state index contributed by atoms with van der Waals surface area (Å²) in [4.78, 5) is 14.4. The highest BCUT2D eigenvalue weighted by Crippen LogP contribution is 2.52. The molecular weight excluding hydrogens is 364 g/mol. The van der Waals surface area contributed by atoms with Gasteiger partial charge in [-0.15, -0.1) is 0 Å². The van der Waals surface area contributed by atoms with Gasteiger partial charge in [-0.25, -0.2) is 0 Å².